The van der Waals surface area contributed by atoms with E-state index in [1.54, 1.807) is 6.07 Å². The van der Waals surface area contributed by atoms with Crippen molar-refractivity contribution in [1.82, 2.24) is 0 Å². The second kappa shape index (κ2) is 6.33. The van der Waals surface area contributed by atoms with Crippen molar-refractivity contribution in [2.24, 2.45) is 5.92 Å². The number of hydrogen-bond donors (Lipinski definition) is 0. The Bertz CT molecular complexity index is 392. The number of hydrogen-bond acceptors (Lipinski definition) is 1. The summed E-state index contributed by atoms with van der Waals surface area (Å²) < 4.78 is 20.6. The summed E-state index contributed by atoms with van der Waals surface area (Å²) in [7, 11) is 0. The minimum absolute atomic E-state index is 0.166. The van der Waals surface area contributed by atoms with E-state index in [4.69, 9.17) is 4.74 Å². The summed E-state index contributed by atoms with van der Waals surface area (Å²) in [6, 6.07) is 6.94. The molecule has 0 saturated heterocycles. The van der Waals surface area contributed by atoms with E-state index in [2.05, 4.69) is 22.6 Å². The van der Waals surface area contributed by atoms with E-state index >= 15 is 0 Å². The summed E-state index contributed by atoms with van der Waals surface area (Å²) in [5.74, 6) is 0.671. The molecule has 1 aliphatic rings. The standard InChI is InChI=1S/C15H20FIO/c1-15(11-17,13-7-2-3-8-14(13)16)18-10-9-12-5-4-6-12/h2-3,7-8,12H,4-6,9-11H2,1H3. The maximum absolute atomic E-state index is 13.9. The maximum Gasteiger partial charge on any atom is 0.129 e. The monoisotopic (exact) mass is 362 g/mol. The molecule has 0 amide bonds. The van der Waals surface area contributed by atoms with Crippen molar-refractivity contribution in [3.63, 3.8) is 0 Å². The second-order valence-electron chi connectivity index (χ2n) is 5.28. The molecule has 0 aromatic heterocycles. The summed E-state index contributed by atoms with van der Waals surface area (Å²) in [4.78, 5) is 0. The van der Waals surface area contributed by atoms with Crippen molar-refractivity contribution in [3.05, 3.63) is 35.6 Å². The van der Waals surface area contributed by atoms with E-state index in [1.165, 1.54) is 25.3 Å². The Morgan fingerprint density at radius 2 is 2.11 bits per heavy atom. The van der Waals surface area contributed by atoms with Crippen LogP contribution in [0.3, 0.4) is 0 Å². The predicted molar refractivity (Wildman–Crippen MR) is 80.5 cm³/mol. The molecule has 3 heteroatoms. The average Bonchev–Trinajstić information content (AvgIpc) is 2.32. The van der Waals surface area contributed by atoms with Gasteiger partial charge in [-0.3, -0.25) is 0 Å². The zero-order valence-corrected chi connectivity index (χ0v) is 13.0. The topological polar surface area (TPSA) is 9.23 Å². The van der Waals surface area contributed by atoms with Crippen molar-refractivity contribution in [1.29, 1.82) is 0 Å². The van der Waals surface area contributed by atoms with Crippen molar-refractivity contribution < 1.29 is 9.13 Å². The highest BCUT2D eigenvalue weighted by Crippen LogP contribution is 2.33. The molecule has 0 aliphatic heterocycles. The largest absolute Gasteiger partial charge is 0.370 e. The number of halogens is 2. The summed E-state index contributed by atoms with van der Waals surface area (Å²) in [5, 5.41) is 0. The molecule has 18 heavy (non-hydrogen) atoms. The molecule has 100 valence electrons. The maximum atomic E-state index is 13.9. The molecule has 0 bridgehead atoms. The fourth-order valence-electron chi connectivity index (χ4n) is 2.31. The minimum Gasteiger partial charge on any atom is -0.370 e. The Kier molecular flexibility index (Phi) is 5.01. The average molecular weight is 362 g/mol. The predicted octanol–water partition coefficient (Wildman–Crippen LogP) is 4.68. The molecule has 1 atom stereocenters. The summed E-state index contributed by atoms with van der Waals surface area (Å²) in [6.45, 7) is 2.72. The second-order valence-corrected chi connectivity index (χ2v) is 6.04. The van der Waals surface area contributed by atoms with Crippen LogP contribution in [0.1, 0.15) is 38.2 Å². The van der Waals surface area contributed by atoms with E-state index < -0.39 is 5.60 Å². The third kappa shape index (κ3) is 3.23. The van der Waals surface area contributed by atoms with Gasteiger partial charge >= 0.3 is 0 Å². The van der Waals surface area contributed by atoms with Crippen molar-refractivity contribution in [2.45, 2.75) is 38.2 Å². The zero-order valence-electron chi connectivity index (χ0n) is 10.8. The highest BCUT2D eigenvalue weighted by molar-refractivity contribution is 14.1. The third-order valence-corrected chi connectivity index (χ3v) is 5.33. The number of rotatable bonds is 6. The zero-order chi connectivity index (χ0) is 13.0. The van der Waals surface area contributed by atoms with Crippen LogP contribution in [0, 0.1) is 11.7 Å². The Labute approximate surface area is 122 Å². The molecule has 1 aromatic carbocycles. The highest BCUT2D eigenvalue weighted by atomic mass is 127. The van der Waals surface area contributed by atoms with Gasteiger partial charge in [0, 0.05) is 16.6 Å². The Morgan fingerprint density at radius 1 is 1.39 bits per heavy atom. The quantitative estimate of drug-likeness (QED) is 0.527. The lowest BCUT2D eigenvalue weighted by Gasteiger charge is -2.31. The van der Waals surface area contributed by atoms with E-state index in [1.807, 2.05) is 19.1 Å². The normalized spacial score (nSPS) is 19.3. The van der Waals surface area contributed by atoms with Gasteiger partial charge in [0.05, 0.1) is 0 Å². The lowest BCUT2D eigenvalue weighted by atomic mass is 9.83. The molecule has 0 heterocycles. The fourth-order valence-corrected chi connectivity index (χ4v) is 2.94. The first-order chi connectivity index (χ1) is 8.65. The Balaban J connectivity index is 1.98. The molecule has 1 aliphatic carbocycles. The molecule has 1 saturated carbocycles. The summed E-state index contributed by atoms with van der Waals surface area (Å²) in [6.07, 6.45) is 5.15. The Hall–Kier alpha value is -0.160. The first-order valence-corrected chi connectivity index (χ1v) is 8.13. The van der Waals surface area contributed by atoms with Gasteiger partial charge < -0.3 is 4.74 Å². The number of alkyl halides is 1. The van der Waals surface area contributed by atoms with Gasteiger partial charge in [-0.05, 0) is 25.3 Å². The van der Waals surface area contributed by atoms with Gasteiger partial charge in [-0.2, -0.15) is 0 Å². The van der Waals surface area contributed by atoms with Gasteiger partial charge in [0.25, 0.3) is 0 Å². The number of ether oxygens (including phenoxy) is 1. The van der Waals surface area contributed by atoms with Crippen molar-refractivity contribution >= 4 is 22.6 Å². The van der Waals surface area contributed by atoms with Crippen LogP contribution >= 0.6 is 22.6 Å². The van der Waals surface area contributed by atoms with E-state index in [9.17, 15) is 4.39 Å². The molecular formula is C15H20FIO. The SMILES string of the molecule is CC(CI)(OCCC1CCC1)c1ccccc1F. The van der Waals surface area contributed by atoms with E-state index in [0.29, 0.717) is 5.56 Å². The first-order valence-electron chi connectivity index (χ1n) is 6.60. The van der Waals surface area contributed by atoms with E-state index in [0.717, 1.165) is 23.4 Å². The molecule has 2 rings (SSSR count). The molecule has 1 unspecified atom stereocenters. The van der Waals surface area contributed by atoms with Gasteiger partial charge in [0.2, 0.25) is 0 Å². The van der Waals surface area contributed by atoms with Gasteiger partial charge in [-0.15, -0.1) is 0 Å². The smallest absolute Gasteiger partial charge is 0.129 e. The van der Waals surface area contributed by atoms with E-state index in [-0.39, 0.29) is 5.82 Å². The van der Waals surface area contributed by atoms with Crippen LogP contribution in [0.4, 0.5) is 4.39 Å². The molecule has 0 spiro atoms. The Morgan fingerprint density at radius 3 is 2.67 bits per heavy atom. The van der Waals surface area contributed by atoms with Gasteiger partial charge in [-0.25, -0.2) is 4.39 Å². The molecule has 1 aromatic rings. The third-order valence-electron chi connectivity index (χ3n) is 3.87. The van der Waals surface area contributed by atoms with Gasteiger partial charge in [0.15, 0.2) is 0 Å². The summed E-state index contributed by atoms with van der Waals surface area (Å²) in [5.41, 5.74) is 0.170. The van der Waals surface area contributed by atoms with Gasteiger partial charge in [0.1, 0.15) is 11.4 Å². The molecule has 1 nitrogen and oxygen atoms in total. The molecule has 0 N–H and O–H groups in total. The van der Waals surface area contributed by atoms with Crippen LogP contribution in [-0.2, 0) is 10.3 Å². The van der Waals surface area contributed by atoms with Crippen molar-refractivity contribution in [2.75, 3.05) is 11.0 Å². The van der Waals surface area contributed by atoms with Crippen molar-refractivity contribution in [3.8, 4) is 0 Å². The van der Waals surface area contributed by atoms with Crippen LogP contribution in [0.2, 0.25) is 0 Å². The van der Waals surface area contributed by atoms with Crippen LogP contribution in [0.5, 0.6) is 0 Å². The minimum atomic E-state index is -0.504. The van der Waals surface area contributed by atoms with Crippen LogP contribution in [0.15, 0.2) is 24.3 Å². The lowest BCUT2D eigenvalue weighted by molar-refractivity contribution is -0.0274. The van der Waals surface area contributed by atoms with Crippen LogP contribution < -0.4 is 0 Å². The van der Waals surface area contributed by atoms with Crippen LogP contribution in [-0.4, -0.2) is 11.0 Å². The van der Waals surface area contributed by atoms with Crippen LogP contribution in [0.25, 0.3) is 0 Å². The number of benzene rings is 1. The lowest BCUT2D eigenvalue weighted by Crippen LogP contribution is -2.30. The highest BCUT2D eigenvalue weighted by Gasteiger charge is 2.29. The summed E-state index contributed by atoms with van der Waals surface area (Å²) >= 11 is 2.28. The molecule has 1 fully saturated rings. The fraction of sp³-hybridized carbons (Fsp3) is 0.600. The van der Waals surface area contributed by atoms with Gasteiger partial charge in [-0.1, -0.05) is 60.1 Å². The first kappa shape index (κ1) is 14.3. The molecular weight excluding hydrogens is 342 g/mol. The molecule has 0 radical (unpaired) electrons.